The molecule has 0 radical (unpaired) electrons. The maximum absolute atomic E-state index is 10.6. The highest BCUT2D eigenvalue weighted by atomic mass is 32.2. The summed E-state index contributed by atoms with van der Waals surface area (Å²) in [5.41, 5.74) is 0.658. The Balaban J connectivity index is 4.42. The van der Waals surface area contributed by atoms with Crippen molar-refractivity contribution in [1.29, 1.82) is 0 Å². The predicted molar refractivity (Wildman–Crippen MR) is 50.5 cm³/mol. The van der Waals surface area contributed by atoms with Crippen molar-refractivity contribution >= 4 is 15.7 Å². The molecule has 0 aromatic heterocycles. The minimum absolute atomic E-state index is 0.0995. The van der Waals surface area contributed by atoms with Gasteiger partial charge in [0.15, 0.2) is 0 Å². The Morgan fingerprint density at radius 2 is 1.75 bits per heavy atom. The van der Waals surface area contributed by atoms with E-state index in [1.54, 1.807) is 6.92 Å². The van der Waals surface area contributed by atoms with Crippen LogP contribution in [0.5, 0.6) is 0 Å². The van der Waals surface area contributed by atoms with Gasteiger partial charge >= 0.3 is 0 Å². The van der Waals surface area contributed by atoms with Crippen LogP contribution in [0.2, 0.25) is 0 Å². The number of rotatable bonds is 2. The van der Waals surface area contributed by atoms with Gasteiger partial charge in [0.05, 0.1) is 6.26 Å². The van der Waals surface area contributed by atoms with Crippen LogP contribution in [0.3, 0.4) is 0 Å². The highest BCUT2D eigenvalue weighted by Gasteiger charge is 2.14. The van der Waals surface area contributed by atoms with Gasteiger partial charge < -0.3 is 0 Å². The molecule has 0 aliphatic rings. The van der Waals surface area contributed by atoms with Crippen LogP contribution >= 0.6 is 0 Å². The van der Waals surface area contributed by atoms with Crippen LogP contribution in [-0.4, -0.2) is 20.4 Å². The first kappa shape index (κ1) is 11.4. The molecule has 5 heteroatoms. The predicted octanol–water partition coefficient (Wildman–Crippen LogP) is 0.958. The number of nitrogens with one attached hydrogen (secondary N) is 1. The smallest absolute Gasteiger partial charge is 0.206 e. The highest BCUT2D eigenvalue weighted by molar-refractivity contribution is 7.88. The molecule has 0 aliphatic carbocycles. The summed E-state index contributed by atoms with van der Waals surface area (Å²) in [6, 6.07) is 0. The minimum Gasteiger partial charge on any atom is -0.206 e. The number of hydrazone groups is 1. The first-order chi connectivity index (χ1) is 5.13. The van der Waals surface area contributed by atoms with E-state index in [1.165, 1.54) is 0 Å². The second-order valence-corrected chi connectivity index (χ2v) is 5.54. The molecule has 0 atom stereocenters. The van der Waals surface area contributed by atoms with E-state index in [4.69, 9.17) is 0 Å². The van der Waals surface area contributed by atoms with Crippen LogP contribution in [0.15, 0.2) is 5.10 Å². The molecular formula is C7H16N2O2S. The fourth-order valence-electron chi connectivity index (χ4n) is 0.319. The molecule has 0 aromatic rings. The number of sulfonamides is 1. The lowest BCUT2D eigenvalue weighted by molar-refractivity contribution is 0.574. The van der Waals surface area contributed by atoms with Crippen LogP contribution < -0.4 is 4.83 Å². The van der Waals surface area contributed by atoms with Crippen molar-refractivity contribution in [3.05, 3.63) is 0 Å². The third-order valence-electron chi connectivity index (χ3n) is 1.46. The van der Waals surface area contributed by atoms with E-state index in [9.17, 15) is 8.42 Å². The summed E-state index contributed by atoms with van der Waals surface area (Å²) in [6.45, 7) is 7.69. The highest BCUT2D eigenvalue weighted by Crippen LogP contribution is 2.14. The van der Waals surface area contributed by atoms with Gasteiger partial charge in [-0.1, -0.05) is 20.8 Å². The zero-order chi connectivity index (χ0) is 9.99. The molecule has 72 valence electrons. The van der Waals surface area contributed by atoms with Crippen molar-refractivity contribution in [2.45, 2.75) is 27.7 Å². The first-order valence-corrected chi connectivity index (χ1v) is 5.53. The Kier molecular flexibility index (Phi) is 3.26. The van der Waals surface area contributed by atoms with Crippen LogP contribution in [0, 0.1) is 5.41 Å². The van der Waals surface area contributed by atoms with Gasteiger partial charge in [0.2, 0.25) is 10.0 Å². The first-order valence-electron chi connectivity index (χ1n) is 3.64. The molecule has 0 saturated carbocycles. The minimum atomic E-state index is -3.22. The monoisotopic (exact) mass is 192 g/mol. The summed E-state index contributed by atoms with van der Waals surface area (Å²) in [5, 5.41) is 3.75. The van der Waals surface area contributed by atoms with Crippen LogP contribution in [-0.2, 0) is 10.0 Å². The number of nitrogens with zero attached hydrogens (tertiary/aromatic N) is 1. The Bertz CT molecular complexity index is 272. The SMILES string of the molecule is C/C(=N/NS(C)(=O)=O)C(C)(C)C. The van der Waals surface area contributed by atoms with E-state index >= 15 is 0 Å². The molecule has 0 amide bonds. The Morgan fingerprint density at radius 1 is 1.33 bits per heavy atom. The van der Waals surface area contributed by atoms with E-state index < -0.39 is 10.0 Å². The zero-order valence-electron chi connectivity index (χ0n) is 8.17. The normalized spacial score (nSPS) is 14.6. The Labute approximate surface area is 74.1 Å². The molecule has 0 saturated heterocycles. The van der Waals surface area contributed by atoms with Crippen LogP contribution in [0.1, 0.15) is 27.7 Å². The quantitative estimate of drug-likeness (QED) is 0.523. The number of hydrogen-bond acceptors (Lipinski definition) is 3. The second-order valence-electron chi connectivity index (χ2n) is 3.81. The summed E-state index contributed by atoms with van der Waals surface area (Å²) >= 11 is 0. The molecule has 0 bridgehead atoms. The van der Waals surface area contributed by atoms with Crippen molar-refractivity contribution in [2.75, 3.05) is 6.26 Å². The summed E-state index contributed by atoms with van der Waals surface area (Å²) < 4.78 is 21.3. The van der Waals surface area contributed by atoms with Gasteiger partial charge in [-0.2, -0.15) is 5.10 Å². The topological polar surface area (TPSA) is 58.5 Å². The molecule has 0 aliphatic heterocycles. The molecule has 0 aromatic carbocycles. The fourth-order valence-corrected chi connectivity index (χ4v) is 0.622. The van der Waals surface area contributed by atoms with Gasteiger partial charge in [-0.15, -0.1) is 0 Å². The third kappa shape index (κ3) is 5.12. The lowest BCUT2D eigenvalue weighted by atomic mass is 9.91. The molecule has 0 spiro atoms. The van der Waals surface area contributed by atoms with E-state index in [2.05, 4.69) is 9.93 Å². The lowest BCUT2D eigenvalue weighted by Gasteiger charge is -2.17. The second kappa shape index (κ2) is 3.43. The Hall–Kier alpha value is -0.580. The molecule has 4 nitrogen and oxygen atoms in total. The van der Waals surface area contributed by atoms with Crippen molar-refractivity contribution in [2.24, 2.45) is 10.5 Å². The number of hydrogen-bond donors (Lipinski definition) is 1. The molecule has 1 N–H and O–H groups in total. The molecular weight excluding hydrogens is 176 g/mol. The largest absolute Gasteiger partial charge is 0.244 e. The van der Waals surface area contributed by atoms with Gasteiger partial charge in [-0.3, -0.25) is 0 Å². The molecule has 0 rings (SSSR count). The maximum Gasteiger partial charge on any atom is 0.244 e. The molecule has 0 unspecified atom stereocenters. The average molecular weight is 192 g/mol. The summed E-state index contributed by atoms with van der Waals surface area (Å²) in [5.74, 6) is 0. The van der Waals surface area contributed by atoms with E-state index in [-0.39, 0.29) is 5.41 Å². The Morgan fingerprint density at radius 3 is 2.00 bits per heavy atom. The molecule has 0 fully saturated rings. The summed E-state index contributed by atoms with van der Waals surface area (Å²) in [6.07, 6.45) is 1.08. The van der Waals surface area contributed by atoms with E-state index in [1.807, 2.05) is 20.8 Å². The lowest BCUT2D eigenvalue weighted by Crippen LogP contribution is -2.23. The van der Waals surface area contributed by atoms with Crippen molar-refractivity contribution in [3.63, 3.8) is 0 Å². The summed E-state index contributed by atoms with van der Waals surface area (Å²) in [7, 11) is -3.22. The maximum atomic E-state index is 10.6. The van der Waals surface area contributed by atoms with Gasteiger partial charge in [0.25, 0.3) is 0 Å². The van der Waals surface area contributed by atoms with Crippen molar-refractivity contribution < 1.29 is 8.42 Å². The van der Waals surface area contributed by atoms with Crippen molar-refractivity contribution in [1.82, 2.24) is 4.83 Å². The van der Waals surface area contributed by atoms with Crippen molar-refractivity contribution in [3.8, 4) is 0 Å². The van der Waals surface area contributed by atoms with Gasteiger partial charge in [0, 0.05) is 11.1 Å². The zero-order valence-corrected chi connectivity index (χ0v) is 8.99. The standard InChI is InChI=1S/C7H16N2O2S/c1-6(7(2,3)4)8-9-12(5,10)11/h9H,1-5H3/b8-6-. The van der Waals surface area contributed by atoms with Gasteiger partial charge in [-0.25, -0.2) is 13.2 Å². The van der Waals surface area contributed by atoms with Gasteiger partial charge in [0.1, 0.15) is 0 Å². The van der Waals surface area contributed by atoms with E-state index in [0.717, 1.165) is 12.0 Å². The van der Waals surface area contributed by atoms with Crippen LogP contribution in [0.4, 0.5) is 0 Å². The fraction of sp³-hybridized carbons (Fsp3) is 0.857. The van der Waals surface area contributed by atoms with Gasteiger partial charge in [-0.05, 0) is 6.92 Å². The van der Waals surface area contributed by atoms with Crippen LogP contribution in [0.25, 0.3) is 0 Å². The third-order valence-corrected chi connectivity index (χ3v) is 1.89. The molecule has 12 heavy (non-hydrogen) atoms. The van der Waals surface area contributed by atoms with E-state index in [0.29, 0.717) is 0 Å². The summed E-state index contributed by atoms with van der Waals surface area (Å²) in [4.78, 5) is 2.09. The molecule has 0 heterocycles. The average Bonchev–Trinajstić information content (AvgIpc) is 1.78.